The number of benzene rings is 1. The van der Waals surface area contributed by atoms with E-state index in [-0.39, 0.29) is 23.7 Å². The van der Waals surface area contributed by atoms with Crippen LogP contribution in [0.3, 0.4) is 0 Å². The summed E-state index contributed by atoms with van der Waals surface area (Å²) in [6, 6.07) is 9.48. The summed E-state index contributed by atoms with van der Waals surface area (Å²) in [6.45, 7) is 7.76. The Morgan fingerprint density at radius 3 is 2.58 bits per heavy atom. The Morgan fingerprint density at radius 1 is 1.11 bits per heavy atom. The van der Waals surface area contributed by atoms with Gasteiger partial charge in [0.2, 0.25) is 5.95 Å². The molecule has 5 rings (SSSR count). The van der Waals surface area contributed by atoms with Crippen molar-refractivity contribution in [2.45, 2.75) is 26.3 Å². The summed E-state index contributed by atoms with van der Waals surface area (Å²) in [5, 5.41) is 8.63. The van der Waals surface area contributed by atoms with Crippen molar-refractivity contribution in [2.24, 2.45) is 7.05 Å². The van der Waals surface area contributed by atoms with Crippen molar-refractivity contribution >= 4 is 28.8 Å². The number of methoxy groups -OCH3 is 1. The minimum absolute atomic E-state index is 0.214. The summed E-state index contributed by atoms with van der Waals surface area (Å²) < 4.78 is 21.5. The minimum atomic E-state index is -0.500. The number of carbonyl (C=O) groups excluding carboxylic acids is 1. The molecule has 1 fully saturated rings. The molecule has 1 N–H and O–H groups in total. The maximum atomic E-state index is 14.8. The molecule has 0 saturated carbocycles. The molecule has 1 aliphatic heterocycles. The molecule has 10 nitrogen and oxygen atoms in total. The number of ether oxygens (including phenoxy) is 1. The summed E-state index contributed by atoms with van der Waals surface area (Å²) in [5.41, 5.74) is 3.87. The van der Waals surface area contributed by atoms with Gasteiger partial charge in [0.05, 0.1) is 18.8 Å². The van der Waals surface area contributed by atoms with Crippen LogP contribution < -0.4 is 5.32 Å². The summed E-state index contributed by atoms with van der Waals surface area (Å²) >= 11 is 0. The van der Waals surface area contributed by atoms with Gasteiger partial charge in [0.25, 0.3) is 0 Å². The number of aryl methyl sites for hydroxylation is 1. The van der Waals surface area contributed by atoms with Gasteiger partial charge in [0.15, 0.2) is 5.82 Å². The van der Waals surface area contributed by atoms with Gasteiger partial charge in [0.1, 0.15) is 11.5 Å². The lowest BCUT2D eigenvalue weighted by molar-refractivity contribution is 0.0888. The molecular weight excluding hydrogens is 487 g/mol. The zero-order valence-electron chi connectivity index (χ0n) is 22.0. The normalized spacial score (nSPS) is 14.3. The van der Waals surface area contributed by atoms with E-state index in [0.29, 0.717) is 24.5 Å². The Labute approximate surface area is 220 Å². The minimum Gasteiger partial charge on any atom is -0.453 e. The van der Waals surface area contributed by atoms with E-state index < -0.39 is 5.82 Å². The summed E-state index contributed by atoms with van der Waals surface area (Å²) in [7, 11) is 3.32. The highest BCUT2D eigenvalue weighted by Gasteiger charge is 2.21. The number of fused-ring (bicyclic) bond motifs is 1. The molecule has 38 heavy (non-hydrogen) atoms. The Hall–Kier alpha value is -4.12. The molecule has 1 aliphatic rings. The van der Waals surface area contributed by atoms with Gasteiger partial charge in [-0.2, -0.15) is 5.10 Å². The predicted molar refractivity (Wildman–Crippen MR) is 143 cm³/mol. The quantitative estimate of drug-likeness (QED) is 0.403. The number of nitrogens with one attached hydrogen (secondary N) is 1. The van der Waals surface area contributed by atoms with Gasteiger partial charge in [-0.25, -0.2) is 24.1 Å². The molecule has 4 heterocycles. The summed E-state index contributed by atoms with van der Waals surface area (Å²) in [6.07, 6.45) is 2.68. The predicted octanol–water partition coefficient (Wildman–Crippen LogP) is 4.32. The third kappa shape index (κ3) is 5.28. The molecule has 0 aliphatic carbocycles. The fraction of sp³-hybridized carbons (Fsp3) is 0.370. The van der Waals surface area contributed by atoms with E-state index in [0.717, 1.165) is 41.8 Å². The van der Waals surface area contributed by atoms with E-state index in [2.05, 4.69) is 44.1 Å². The van der Waals surface area contributed by atoms with Crippen molar-refractivity contribution in [1.29, 1.82) is 0 Å². The van der Waals surface area contributed by atoms with E-state index >= 15 is 0 Å². The number of hydrogen-bond acceptors (Lipinski definition) is 8. The first-order chi connectivity index (χ1) is 18.3. The first-order valence-electron chi connectivity index (χ1n) is 12.6. The zero-order valence-corrected chi connectivity index (χ0v) is 22.0. The van der Waals surface area contributed by atoms with Crippen molar-refractivity contribution in [3.8, 4) is 11.3 Å². The van der Waals surface area contributed by atoms with Gasteiger partial charge in [-0.1, -0.05) is 26.0 Å². The van der Waals surface area contributed by atoms with Crippen LogP contribution in [0.5, 0.6) is 0 Å². The van der Waals surface area contributed by atoms with Crippen LogP contribution in [0.4, 0.5) is 21.0 Å². The topological polar surface area (TPSA) is 101 Å². The van der Waals surface area contributed by atoms with Crippen LogP contribution >= 0.6 is 0 Å². The monoisotopic (exact) mass is 518 g/mol. The molecule has 1 saturated heterocycles. The van der Waals surface area contributed by atoms with Crippen LogP contribution in [0, 0.1) is 5.82 Å². The lowest BCUT2D eigenvalue weighted by Gasteiger charge is -2.33. The average molecular weight is 519 g/mol. The van der Waals surface area contributed by atoms with Gasteiger partial charge in [-0.3, -0.25) is 9.58 Å². The van der Waals surface area contributed by atoms with Gasteiger partial charge < -0.3 is 15.0 Å². The zero-order chi connectivity index (χ0) is 26.8. The van der Waals surface area contributed by atoms with Crippen LogP contribution in [0.15, 0.2) is 42.7 Å². The standard InChI is InChI=1S/C27H31FN8O2/c1-17(2)25-20-13-19(6-7-22(20)33-34(25)3)24-21(28)15-30-26(32-24)31-23-8-5-18(14-29-23)16-35-9-11-36(12-10-35)27(37)38-4/h5-8,13-15,17H,9-12,16H2,1-4H3,(H,29,30,31,32). The molecule has 0 spiro atoms. The number of pyridine rings is 1. The summed E-state index contributed by atoms with van der Waals surface area (Å²) in [5.74, 6) is 0.592. The maximum absolute atomic E-state index is 14.8. The molecule has 0 unspecified atom stereocenters. The van der Waals surface area contributed by atoms with Crippen molar-refractivity contribution in [3.63, 3.8) is 0 Å². The van der Waals surface area contributed by atoms with Gasteiger partial charge in [-0.15, -0.1) is 0 Å². The third-order valence-corrected chi connectivity index (χ3v) is 6.72. The van der Waals surface area contributed by atoms with Crippen LogP contribution in [-0.2, 0) is 18.3 Å². The average Bonchev–Trinajstić information content (AvgIpc) is 3.26. The van der Waals surface area contributed by atoms with Crippen molar-refractivity contribution in [3.05, 3.63) is 59.8 Å². The van der Waals surface area contributed by atoms with Gasteiger partial charge in [0, 0.05) is 62.6 Å². The van der Waals surface area contributed by atoms with E-state index in [1.165, 1.54) is 13.3 Å². The second-order valence-corrected chi connectivity index (χ2v) is 9.70. The van der Waals surface area contributed by atoms with E-state index in [4.69, 9.17) is 4.74 Å². The highest BCUT2D eigenvalue weighted by atomic mass is 19.1. The third-order valence-electron chi connectivity index (χ3n) is 6.72. The molecule has 0 atom stereocenters. The van der Waals surface area contributed by atoms with Crippen LogP contribution in [-0.4, -0.2) is 73.9 Å². The number of anilines is 2. The van der Waals surface area contributed by atoms with Crippen molar-refractivity contribution < 1.29 is 13.9 Å². The Morgan fingerprint density at radius 2 is 1.89 bits per heavy atom. The Balaban J connectivity index is 1.28. The highest BCUT2D eigenvalue weighted by Crippen LogP contribution is 2.30. The first-order valence-corrected chi connectivity index (χ1v) is 12.6. The number of carbonyl (C=O) groups is 1. The van der Waals surface area contributed by atoms with Gasteiger partial charge in [-0.05, 0) is 29.7 Å². The van der Waals surface area contributed by atoms with Gasteiger partial charge >= 0.3 is 6.09 Å². The molecule has 3 aromatic heterocycles. The van der Waals surface area contributed by atoms with E-state index in [1.54, 1.807) is 11.1 Å². The number of aromatic nitrogens is 5. The number of hydrogen-bond donors (Lipinski definition) is 1. The molecular formula is C27H31FN8O2. The van der Waals surface area contributed by atoms with Crippen LogP contribution in [0.25, 0.3) is 22.2 Å². The van der Waals surface area contributed by atoms with Crippen LogP contribution in [0.2, 0.25) is 0 Å². The number of halogens is 1. The van der Waals surface area contributed by atoms with E-state index in [9.17, 15) is 9.18 Å². The molecule has 11 heteroatoms. The number of amides is 1. The lowest BCUT2D eigenvalue weighted by atomic mass is 10.0. The lowest BCUT2D eigenvalue weighted by Crippen LogP contribution is -2.48. The molecule has 4 aromatic rings. The summed E-state index contributed by atoms with van der Waals surface area (Å²) in [4.78, 5) is 28.7. The fourth-order valence-electron chi connectivity index (χ4n) is 4.86. The molecule has 1 amide bonds. The number of piperazine rings is 1. The Kier molecular flexibility index (Phi) is 7.19. The number of nitrogens with zero attached hydrogens (tertiary/aromatic N) is 7. The molecule has 0 radical (unpaired) electrons. The van der Waals surface area contributed by atoms with Crippen molar-refractivity contribution in [2.75, 3.05) is 38.6 Å². The largest absolute Gasteiger partial charge is 0.453 e. The van der Waals surface area contributed by atoms with E-state index in [1.807, 2.05) is 42.1 Å². The molecule has 198 valence electrons. The first kappa shape index (κ1) is 25.5. The number of rotatable bonds is 6. The maximum Gasteiger partial charge on any atom is 0.409 e. The second kappa shape index (κ2) is 10.7. The molecule has 0 bridgehead atoms. The van der Waals surface area contributed by atoms with Crippen molar-refractivity contribution in [1.82, 2.24) is 34.5 Å². The molecule has 1 aromatic carbocycles. The Bertz CT molecular complexity index is 1450. The second-order valence-electron chi connectivity index (χ2n) is 9.70. The van der Waals surface area contributed by atoms with Crippen LogP contribution in [0.1, 0.15) is 31.0 Å². The highest BCUT2D eigenvalue weighted by molar-refractivity contribution is 5.86. The fourth-order valence-corrected chi connectivity index (χ4v) is 4.86. The SMILES string of the molecule is COC(=O)N1CCN(Cc2ccc(Nc3ncc(F)c(-c4ccc5nn(C)c(C(C)C)c5c4)n3)nc2)CC1. The smallest absolute Gasteiger partial charge is 0.409 e.